The molecule has 0 amide bonds. The quantitative estimate of drug-likeness (QED) is 0.639. The number of rotatable bonds is 2. The third kappa shape index (κ3) is 1.74. The molecular formula is C10H12FN5O3. The van der Waals surface area contributed by atoms with E-state index in [0.29, 0.717) is 11.2 Å². The van der Waals surface area contributed by atoms with Crippen LogP contribution in [-0.2, 0) is 4.74 Å². The van der Waals surface area contributed by atoms with Gasteiger partial charge in [0, 0.05) is 0 Å². The maximum Gasteiger partial charge on any atom is 0.173 e. The number of fused-ring (bicyclic) bond motifs is 1. The van der Waals surface area contributed by atoms with E-state index in [1.807, 2.05) is 0 Å². The van der Waals surface area contributed by atoms with Crippen LogP contribution in [-0.4, -0.2) is 54.7 Å². The predicted octanol–water partition coefficient (Wildman–Crippen LogP) is -1.00. The molecule has 19 heavy (non-hydrogen) atoms. The number of hydrogen-bond acceptors (Lipinski definition) is 7. The van der Waals surface area contributed by atoms with Crippen LogP contribution in [0.2, 0.25) is 0 Å². The summed E-state index contributed by atoms with van der Waals surface area (Å²) in [6.07, 6.45) is -2.61. The number of nitrogens with two attached hydrogens (primary N) is 1. The number of anilines is 1. The minimum atomic E-state index is -1.69. The highest BCUT2D eigenvalue weighted by molar-refractivity contribution is 5.81. The van der Waals surface area contributed by atoms with Crippen molar-refractivity contribution in [2.45, 2.75) is 24.6 Å². The fourth-order valence-corrected chi connectivity index (χ4v) is 2.13. The molecule has 3 rings (SSSR count). The van der Waals surface area contributed by atoms with E-state index in [2.05, 4.69) is 15.0 Å². The second-order valence-electron chi connectivity index (χ2n) is 4.27. The third-order valence-electron chi connectivity index (χ3n) is 3.13. The molecule has 1 fully saturated rings. The van der Waals surface area contributed by atoms with Crippen LogP contribution in [0, 0.1) is 0 Å². The summed E-state index contributed by atoms with van der Waals surface area (Å²) in [4.78, 5) is 11.8. The molecule has 0 bridgehead atoms. The fourth-order valence-electron chi connectivity index (χ4n) is 2.13. The fraction of sp³-hybridized carbons (Fsp3) is 0.500. The van der Waals surface area contributed by atoms with Crippen LogP contribution >= 0.6 is 0 Å². The molecule has 4 atom stereocenters. The van der Waals surface area contributed by atoms with Crippen LogP contribution in [0.1, 0.15) is 6.23 Å². The lowest BCUT2D eigenvalue weighted by molar-refractivity contribution is -0.0459. The standard InChI is InChI=1S/C10H12FN5O3/c11-5-7(18)4(1-17)19-10(5)16-3-15-6-8(12)13-2-14-9(6)16/h2-5,7,10,17-18H,1H2,(H2,12,13,14)/t4?,5?,7-,10?/m1/s1. The second kappa shape index (κ2) is 4.37. The molecule has 4 N–H and O–H groups in total. The van der Waals surface area contributed by atoms with Crippen molar-refractivity contribution >= 4 is 17.0 Å². The third-order valence-corrected chi connectivity index (χ3v) is 3.13. The van der Waals surface area contributed by atoms with Gasteiger partial charge in [-0.3, -0.25) is 4.57 Å². The molecule has 102 valence electrons. The minimum absolute atomic E-state index is 0.177. The first-order chi connectivity index (χ1) is 9.13. The van der Waals surface area contributed by atoms with Crippen molar-refractivity contribution in [3.63, 3.8) is 0 Å². The van der Waals surface area contributed by atoms with Gasteiger partial charge in [0.05, 0.1) is 12.9 Å². The van der Waals surface area contributed by atoms with Gasteiger partial charge in [-0.15, -0.1) is 0 Å². The summed E-state index contributed by atoms with van der Waals surface area (Å²) < 4.78 is 20.6. The van der Waals surface area contributed by atoms with E-state index in [0.717, 1.165) is 0 Å². The summed E-state index contributed by atoms with van der Waals surface area (Å²) in [5.41, 5.74) is 6.28. The SMILES string of the molecule is Nc1ncnc2c1ncn2C1OC(CO)[C@@H](O)C1F. The Balaban J connectivity index is 2.04. The highest BCUT2D eigenvalue weighted by Gasteiger charge is 2.45. The van der Waals surface area contributed by atoms with Gasteiger partial charge in [0.1, 0.15) is 24.1 Å². The number of imidazole rings is 1. The first-order valence-electron chi connectivity index (χ1n) is 5.65. The minimum Gasteiger partial charge on any atom is -0.394 e. The lowest BCUT2D eigenvalue weighted by Crippen LogP contribution is -2.30. The number of aromatic nitrogens is 4. The van der Waals surface area contributed by atoms with Crippen LogP contribution in [0.25, 0.3) is 11.2 Å². The monoisotopic (exact) mass is 269 g/mol. The van der Waals surface area contributed by atoms with Crippen molar-refractivity contribution in [1.29, 1.82) is 0 Å². The van der Waals surface area contributed by atoms with E-state index in [9.17, 15) is 9.50 Å². The van der Waals surface area contributed by atoms with E-state index < -0.39 is 31.2 Å². The van der Waals surface area contributed by atoms with Gasteiger partial charge in [-0.25, -0.2) is 19.3 Å². The number of aliphatic hydroxyl groups is 2. The van der Waals surface area contributed by atoms with Crippen molar-refractivity contribution < 1.29 is 19.3 Å². The number of nitrogens with zero attached hydrogens (tertiary/aromatic N) is 4. The van der Waals surface area contributed by atoms with Gasteiger partial charge in [-0.1, -0.05) is 0 Å². The largest absolute Gasteiger partial charge is 0.394 e. The Morgan fingerprint density at radius 3 is 2.89 bits per heavy atom. The molecule has 9 heteroatoms. The Morgan fingerprint density at radius 1 is 1.42 bits per heavy atom. The van der Waals surface area contributed by atoms with Crippen molar-refractivity contribution in [3.8, 4) is 0 Å². The average Bonchev–Trinajstić information content (AvgIpc) is 2.94. The Morgan fingerprint density at radius 2 is 2.21 bits per heavy atom. The summed E-state index contributed by atoms with van der Waals surface area (Å²) in [6.45, 7) is -0.470. The lowest BCUT2D eigenvalue weighted by atomic mass is 10.1. The molecule has 1 aliphatic rings. The Bertz CT molecular complexity index is 606. The zero-order chi connectivity index (χ0) is 13.6. The maximum absolute atomic E-state index is 14.0. The van der Waals surface area contributed by atoms with Crippen molar-refractivity contribution in [1.82, 2.24) is 19.5 Å². The molecule has 0 saturated carbocycles. The zero-order valence-corrected chi connectivity index (χ0v) is 9.72. The van der Waals surface area contributed by atoms with Crippen LogP contribution < -0.4 is 5.73 Å². The highest BCUT2D eigenvalue weighted by Crippen LogP contribution is 2.33. The molecule has 0 aliphatic carbocycles. The van der Waals surface area contributed by atoms with E-state index in [4.69, 9.17) is 15.6 Å². The second-order valence-corrected chi connectivity index (χ2v) is 4.27. The van der Waals surface area contributed by atoms with E-state index in [-0.39, 0.29) is 5.82 Å². The van der Waals surface area contributed by atoms with Crippen molar-refractivity contribution in [3.05, 3.63) is 12.7 Å². The Labute approximate surface area is 106 Å². The van der Waals surface area contributed by atoms with Gasteiger partial charge in [0.2, 0.25) is 0 Å². The molecule has 1 saturated heterocycles. The summed E-state index contributed by atoms with van der Waals surface area (Å²) in [6, 6.07) is 0. The number of halogens is 1. The van der Waals surface area contributed by atoms with Gasteiger partial charge in [-0.2, -0.15) is 0 Å². The summed E-state index contributed by atoms with van der Waals surface area (Å²) >= 11 is 0. The van der Waals surface area contributed by atoms with Crippen LogP contribution in [0.4, 0.5) is 10.2 Å². The van der Waals surface area contributed by atoms with Crippen LogP contribution in [0.3, 0.4) is 0 Å². The highest BCUT2D eigenvalue weighted by atomic mass is 19.1. The van der Waals surface area contributed by atoms with Gasteiger partial charge in [0.15, 0.2) is 23.9 Å². The van der Waals surface area contributed by atoms with E-state index in [1.54, 1.807) is 0 Å². The predicted molar refractivity (Wildman–Crippen MR) is 61.6 cm³/mol. The molecule has 0 radical (unpaired) electrons. The molecule has 3 heterocycles. The molecule has 8 nitrogen and oxygen atoms in total. The van der Waals surface area contributed by atoms with Gasteiger partial charge in [0.25, 0.3) is 0 Å². The summed E-state index contributed by atoms with van der Waals surface area (Å²) in [5, 5.41) is 18.6. The maximum atomic E-state index is 14.0. The van der Waals surface area contributed by atoms with Crippen molar-refractivity contribution in [2.75, 3.05) is 12.3 Å². The Kier molecular flexibility index (Phi) is 2.81. The van der Waals surface area contributed by atoms with E-state index in [1.165, 1.54) is 17.2 Å². The van der Waals surface area contributed by atoms with Crippen LogP contribution in [0.5, 0.6) is 0 Å². The van der Waals surface area contributed by atoms with Crippen LogP contribution in [0.15, 0.2) is 12.7 Å². The number of alkyl halides is 1. The topological polar surface area (TPSA) is 119 Å². The first-order valence-corrected chi connectivity index (χ1v) is 5.65. The number of aliphatic hydroxyl groups excluding tert-OH is 2. The van der Waals surface area contributed by atoms with Gasteiger partial charge in [-0.05, 0) is 0 Å². The molecule has 3 unspecified atom stereocenters. The Hall–Kier alpha value is -1.84. The summed E-state index contributed by atoms with van der Waals surface area (Å²) in [5.74, 6) is 0.177. The normalized spacial score (nSPS) is 31.1. The summed E-state index contributed by atoms with van der Waals surface area (Å²) in [7, 11) is 0. The number of ether oxygens (including phenoxy) is 1. The molecule has 0 aromatic carbocycles. The van der Waals surface area contributed by atoms with Crippen molar-refractivity contribution in [2.24, 2.45) is 0 Å². The molecule has 0 spiro atoms. The number of nitrogen functional groups attached to an aromatic ring is 1. The molecule has 1 aliphatic heterocycles. The molecule has 2 aromatic rings. The smallest absolute Gasteiger partial charge is 0.173 e. The molecule has 2 aromatic heterocycles. The number of hydrogen-bond donors (Lipinski definition) is 3. The first kappa shape index (κ1) is 12.2. The lowest BCUT2D eigenvalue weighted by Gasteiger charge is -2.14. The van der Waals surface area contributed by atoms with Gasteiger partial charge < -0.3 is 20.7 Å². The zero-order valence-electron chi connectivity index (χ0n) is 9.72. The molecular weight excluding hydrogens is 257 g/mol. The van der Waals surface area contributed by atoms with Gasteiger partial charge >= 0.3 is 0 Å². The van der Waals surface area contributed by atoms with E-state index >= 15 is 0 Å². The average molecular weight is 269 g/mol.